The first-order chi connectivity index (χ1) is 6.33. The summed E-state index contributed by atoms with van der Waals surface area (Å²) in [6.45, 7) is 6.78. The highest BCUT2D eigenvalue weighted by atomic mass is 15.3. The van der Waals surface area contributed by atoms with Crippen molar-refractivity contribution >= 4 is 0 Å². The molecule has 0 bridgehead atoms. The van der Waals surface area contributed by atoms with Gasteiger partial charge in [-0.3, -0.25) is 4.90 Å². The summed E-state index contributed by atoms with van der Waals surface area (Å²) in [5.74, 6) is 0.791. The van der Waals surface area contributed by atoms with E-state index < -0.39 is 0 Å². The van der Waals surface area contributed by atoms with Crippen molar-refractivity contribution in [3.05, 3.63) is 0 Å². The average molecular weight is 183 g/mol. The second-order valence-corrected chi connectivity index (χ2v) is 4.47. The summed E-state index contributed by atoms with van der Waals surface area (Å²) < 4.78 is 0. The Morgan fingerprint density at radius 2 is 2.23 bits per heavy atom. The Morgan fingerprint density at radius 3 is 2.77 bits per heavy atom. The van der Waals surface area contributed by atoms with E-state index in [1.54, 1.807) is 0 Å². The zero-order chi connectivity index (χ0) is 9.26. The lowest BCUT2D eigenvalue weighted by molar-refractivity contribution is 0.0389. The normalized spacial score (nSPS) is 37.4. The smallest absolute Gasteiger partial charge is 0.0348 e. The van der Waals surface area contributed by atoms with Crippen LogP contribution in [0.4, 0.5) is 0 Å². The van der Waals surface area contributed by atoms with E-state index in [-0.39, 0.29) is 0 Å². The molecule has 0 aromatic heterocycles. The van der Waals surface area contributed by atoms with E-state index in [1.807, 2.05) is 0 Å². The molecule has 2 unspecified atom stereocenters. The van der Waals surface area contributed by atoms with E-state index in [1.165, 1.54) is 32.5 Å². The Labute approximate surface area is 80.7 Å². The standard InChI is InChI=1S/C10H21N3/c1-8-3-2-4-13(10(8)5-11)9-6-12-7-9/h8-10,12H,2-7,11H2,1H3. The van der Waals surface area contributed by atoms with E-state index in [4.69, 9.17) is 5.73 Å². The third kappa shape index (κ3) is 1.73. The Kier molecular flexibility index (Phi) is 2.86. The Hall–Kier alpha value is -0.120. The van der Waals surface area contributed by atoms with Crippen LogP contribution in [-0.4, -0.2) is 43.2 Å². The Balaban J connectivity index is 1.97. The van der Waals surface area contributed by atoms with Gasteiger partial charge in [0.2, 0.25) is 0 Å². The molecule has 0 aromatic rings. The quantitative estimate of drug-likeness (QED) is 0.634. The molecule has 0 saturated carbocycles. The van der Waals surface area contributed by atoms with Gasteiger partial charge in [0.15, 0.2) is 0 Å². The minimum Gasteiger partial charge on any atom is -0.329 e. The first-order valence-corrected chi connectivity index (χ1v) is 5.49. The van der Waals surface area contributed by atoms with Gasteiger partial charge in [0.25, 0.3) is 0 Å². The van der Waals surface area contributed by atoms with Gasteiger partial charge in [-0.25, -0.2) is 0 Å². The van der Waals surface area contributed by atoms with E-state index in [0.29, 0.717) is 6.04 Å². The third-order valence-corrected chi connectivity index (χ3v) is 3.63. The van der Waals surface area contributed by atoms with E-state index in [2.05, 4.69) is 17.1 Å². The van der Waals surface area contributed by atoms with Crippen LogP contribution in [0.1, 0.15) is 19.8 Å². The van der Waals surface area contributed by atoms with Crippen molar-refractivity contribution in [3.63, 3.8) is 0 Å². The second kappa shape index (κ2) is 3.95. The summed E-state index contributed by atoms with van der Waals surface area (Å²) in [5.41, 5.74) is 5.84. The Bertz CT molecular complexity index is 168. The number of likely N-dealkylation sites (tertiary alicyclic amines) is 1. The van der Waals surface area contributed by atoms with Gasteiger partial charge in [0, 0.05) is 31.7 Å². The number of nitrogens with one attached hydrogen (secondary N) is 1. The fourth-order valence-corrected chi connectivity index (χ4v) is 2.61. The molecule has 3 nitrogen and oxygen atoms in total. The first-order valence-electron chi connectivity index (χ1n) is 5.49. The van der Waals surface area contributed by atoms with Crippen molar-refractivity contribution < 1.29 is 0 Å². The number of hydrogen-bond acceptors (Lipinski definition) is 3. The molecule has 0 radical (unpaired) electrons. The van der Waals surface area contributed by atoms with E-state index >= 15 is 0 Å². The minimum absolute atomic E-state index is 0.640. The van der Waals surface area contributed by atoms with Crippen LogP contribution in [0.5, 0.6) is 0 Å². The van der Waals surface area contributed by atoms with E-state index in [9.17, 15) is 0 Å². The van der Waals surface area contributed by atoms with Crippen LogP contribution < -0.4 is 11.1 Å². The van der Waals surface area contributed by atoms with Crippen molar-refractivity contribution in [1.29, 1.82) is 0 Å². The fourth-order valence-electron chi connectivity index (χ4n) is 2.61. The highest BCUT2D eigenvalue weighted by molar-refractivity contribution is 4.92. The van der Waals surface area contributed by atoms with Gasteiger partial charge in [-0.2, -0.15) is 0 Å². The zero-order valence-corrected chi connectivity index (χ0v) is 8.50. The van der Waals surface area contributed by atoms with Crippen LogP contribution >= 0.6 is 0 Å². The molecule has 0 aromatic carbocycles. The molecule has 0 spiro atoms. The molecule has 3 N–H and O–H groups in total. The van der Waals surface area contributed by atoms with Crippen LogP contribution in [0.15, 0.2) is 0 Å². The molecule has 2 heterocycles. The topological polar surface area (TPSA) is 41.3 Å². The summed E-state index contributed by atoms with van der Waals surface area (Å²) in [6, 6.07) is 1.41. The van der Waals surface area contributed by atoms with Gasteiger partial charge in [0.1, 0.15) is 0 Å². The number of rotatable bonds is 2. The minimum atomic E-state index is 0.640. The van der Waals surface area contributed by atoms with Gasteiger partial charge >= 0.3 is 0 Å². The van der Waals surface area contributed by atoms with Crippen LogP contribution in [0.25, 0.3) is 0 Å². The van der Waals surface area contributed by atoms with Crippen LogP contribution in [-0.2, 0) is 0 Å². The number of hydrogen-bond donors (Lipinski definition) is 2. The van der Waals surface area contributed by atoms with Crippen LogP contribution in [0.3, 0.4) is 0 Å². The van der Waals surface area contributed by atoms with Crippen molar-refractivity contribution in [2.75, 3.05) is 26.2 Å². The second-order valence-electron chi connectivity index (χ2n) is 4.47. The number of nitrogens with two attached hydrogens (primary N) is 1. The highest BCUT2D eigenvalue weighted by Gasteiger charge is 2.34. The molecular weight excluding hydrogens is 162 g/mol. The molecule has 2 aliphatic rings. The molecule has 2 aliphatic heterocycles. The molecule has 76 valence electrons. The molecule has 0 aliphatic carbocycles. The van der Waals surface area contributed by atoms with Crippen molar-refractivity contribution in [2.45, 2.75) is 31.8 Å². The molecule has 2 rings (SSSR count). The Morgan fingerprint density at radius 1 is 1.46 bits per heavy atom. The van der Waals surface area contributed by atoms with Crippen molar-refractivity contribution in [3.8, 4) is 0 Å². The number of piperidine rings is 1. The maximum Gasteiger partial charge on any atom is 0.0348 e. The van der Waals surface area contributed by atoms with Crippen molar-refractivity contribution in [2.24, 2.45) is 11.7 Å². The molecule has 2 fully saturated rings. The summed E-state index contributed by atoms with van der Waals surface area (Å²) in [7, 11) is 0. The molecule has 2 atom stereocenters. The predicted molar refractivity (Wildman–Crippen MR) is 54.6 cm³/mol. The maximum atomic E-state index is 5.84. The largest absolute Gasteiger partial charge is 0.329 e. The zero-order valence-electron chi connectivity index (χ0n) is 8.50. The summed E-state index contributed by atoms with van der Waals surface area (Å²) in [4.78, 5) is 2.63. The first kappa shape index (κ1) is 9.44. The maximum absolute atomic E-state index is 5.84. The van der Waals surface area contributed by atoms with E-state index in [0.717, 1.165) is 18.5 Å². The monoisotopic (exact) mass is 183 g/mol. The van der Waals surface area contributed by atoms with Gasteiger partial charge in [-0.1, -0.05) is 6.92 Å². The lowest BCUT2D eigenvalue weighted by Gasteiger charge is -2.47. The highest BCUT2D eigenvalue weighted by Crippen LogP contribution is 2.25. The van der Waals surface area contributed by atoms with Crippen LogP contribution in [0.2, 0.25) is 0 Å². The van der Waals surface area contributed by atoms with Gasteiger partial charge < -0.3 is 11.1 Å². The molecule has 0 amide bonds. The summed E-state index contributed by atoms with van der Waals surface area (Å²) in [5, 5.41) is 3.34. The summed E-state index contributed by atoms with van der Waals surface area (Å²) in [6.07, 6.45) is 2.71. The van der Waals surface area contributed by atoms with Crippen molar-refractivity contribution in [1.82, 2.24) is 10.2 Å². The van der Waals surface area contributed by atoms with Gasteiger partial charge in [0.05, 0.1) is 0 Å². The average Bonchev–Trinajstić information content (AvgIpc) is 2.01. The molecule has 3 heteroatoms. The molecular formula is C10H21N3. The molecule has 2 saturated heterocycles. The predicted octanol–water partition coefficient (Wildman–Crippen LogP) is 0.0174. The lowest BCUT2D eigenvalue weighted by atomic mass is 9.88. The summed E-state index contributed by atoms with van der Waals surface area (Å²) >= 11 is 0. The molecule has 13 heavy (non-hydrogen) atoms. The van der Waals surface area contributed by atoms with Gasteiger partial charge in [-0.05, 0) is 25.3 Å². The number of nitrogens with zero attached hydrogens (tertiary/aromatic N) is 1. The third-order valence-electron chi connectivity index (χ3n) is 3.63. The van der Waals surface area contributed by atoms with Gasteiger partial charge in [-0.15, -0.1) is 0 Å². The van der Waals surface area contributed by atoms with Crippen LogP contribution in [0, 0.1) is 5.92 Å². The fraction of sp³-hybridized carbons (Fsp3) is 1.00. The lowest BCUT2D eigenvalue weighted by Crippen LogP contribution is -2.63. The SMILES string of the molecule is CC1CCCN(C2CNC2)C1CN.